The van der Waals surface area contributed by atoms with Gasteiger partial charge in [-0.1, -0.05) is 6.92 Å². The second-order valence-corrected chi connectivity index (χ2v) is 5.07. The van der Waals surface area contributed by atoms with Crippen molar-refractivity contribution in [1.29, 1.82) is 0 Å². The molecule has 0 bridgehead atoms. The van der Waals surface area contributed by atoms with Gasteiger partial charge < -0.3 is 16.0 Å². The van der Waals surface area contributed by atoms with Crippen LogP contribution in [0.3, 0.4) is 0 Å². The molecule has 3 N–H and O–H groups in total. The number of carbonyl (C=O) groups is 2. The first kappa shape index (κ1) is 14.0. The van der Waals surface area contributed by atoms with Crippen molar-refractivity contribution in [3.8, 4) is 0 Å². The number of nitrogens with two attached hydrogens (primary N) is 1. The number of nitrogens with one attached hydrogen (secondary N) is 1. The van der Waals surface area contributed by atoms with Crippen molar-refractivity contribution >= 4 is 11.8 Å². The molecule has 1 aliphatic rings. The molecule has 2 amide bonds. The van der Waals surface area contributed by atoms with E-state index in [4.69, 9.17) is 5.73 Å². The third-order valence-electron chi connectivity index (χ3n) is 3.25. The molecular weight excluding hydrogens is 218 g/mol. The standard InChI is InChI=1S/C12H23N3O2/c1-4-14-12(2,3)11(17)15-8-6-5-7-9(15)10(13)16/h9,14H,4-8H2,1-3H3,(H2,13,16). The van der Waals surface area contributed by atoms with Gasteiger partial charge in [0.1, 0.15) is 6.04 Å². The Morgan fingerprint density at radius 3 is 2.59 bits per heavy atom. The summed E-state index contributed by atoms with van der Waals surface area (Å²) in [6.07, 6.45) is 2.58. The van der Waals surface area contributed by atoms with Crippen molar-refractivity contribution < 1.29 is 9.59 Å². The van der Waals surface area contributed by atoms with E-state index in [-0.39, 0.29) is 5.91 Å². The van der Waals surface area contributed by atoms with E-state index < -0.39 is 17.5 Å². The van der Waals surface area contributed by atoms with Gasteiger partial charge in [-0.25, -0.2) is 0 Å². The van der Waals surface area contributed by atoms with E-state index >= 15 is 0 Å². The Morgan fingerprint density at radius 2 is 2.06 bits per heavy atom. The fourth-order valence-corrected chi connectivity index (χ4v) is 2.35. The third-order valence-corrected chi connectivity index (χ3v) is 3.25. The minimum absolute atomic E-state index is 0.0390. The Kier molecular flexibility index (Phi) is 4.51. The summed E-state index contributed by atoms with van der Waals surface area (Å²) < 4.78 is 0. The van der Waals surface area contributed by atoms with Crippen LogP contribution in [-0.4, -0.2) is 41.4 Å². The summed E-state index contributed by atoms with van der Waals surface area (Å²) in [4.78, 5) is 25.4. The lowest BCUT2D eigenvalue weighted by molar-refractivity contribution is -0.145. The van der Waals surface area contributed by atoms with Crippen molar-refractivity contribution in [3.63, 3.8) is 0 Å². The van der Waals surface area contributed by atoms with E-state index in [1.807, 2.05) is 20.8 Å². The number of nitrogens with zero attached hydrogens (tertiary/aromatic N) is 1. The Labute approximate surface area is 103 Å². The molecule has 0 aromatic heterocycles. The predicted molar refractivity (Wildman–Crippen MR) is 66.3 cm³/mol. The number of piperidine rings is 1. The molecule has 5 nitrogen and oxygen atoms in total. The Hall–Kier alpha value is -1.10. The van der Waals surface area contributed by atoms with Gasteiger partial charge in [0.05, 0.1) is 5.54 Å². The van der Waals surface area contributed by atoms with Gasteiger partial charge in [-0.15, -0.1) is 0 Å². The van der Waals surface area contributed by atoms with Gasteiger partial charge in [0.25, 0.3) is 0 Å². The van der Waals surface area contributed by atoms with Crippen LogP contribution < -0.4 is 11.1 Å². The highest BCUT2D eigenvalue weighted by Crippen LogP contribution is 2.20. The van der Waals surface area contributed by atoms with E-state index in [1.54, 1.807) is 4.90 Å². The maximum Gasteiger partial charge on any atom is 0.242 e. The monoisotopic (exact) mass is 241 g/mol. The van der Waals surface area contributed by atoms with Crippen molar-refractivity contribution in [2.24, 2.45) is 5.73 Å². The molecule has 1 fully saturated rings. The van der Waals surface area contributed by atoms with Gasteiger partial charge in [-0.05, 0) is 39.7 Å². The molecule has 1 aliphatic heterocycles. The molecule has 1 unspecified atom stereocenters. The first-order valence-corrected chi connectivity index (χ1v) is 6.25. The summed E-state index contributed by atoms with van der Waals surface area (Å²) in [6, 6.07) is -0.436. The molecule has 1 atom stereocenters. The molecule has 0 aliphatic carbocycles. The largest absolute Gasteiger partial charge is 0.368 e. The highest BCUT2D eigenvalue weighted by Gasteiger charge is 2.37. The molecule has 1 rings (SSSR count). The lowest BCUT2D eigenvalue weighted by Crippen LogP contribution is -2.60. The number of primary amides is 1. The van der Waals surface area contributed by atoms with Crippen LogP contribution in [0.2, 0.25) is 0 Å². The maximum absolute atomic E-state index is 12.4. The van der Waals surface area contributed by atoms with Gasteiger partial charge in [-0.2, -0.15) is 0 Å². The first-order valence-electron chi connectivity index (χ1n) is 6.25. The molecule has 1 heterocycles. The first-order chi connectivity index (χ1) is 7.90. The van der Waals surface area contributed by atoms with Crippen LogP contribution in [0, 0.1) is 0 Å². The van der Waals surface area contributed by atoms with E-state index in [0.717, 1.165) is 12.8 Å². The van der Waals surface area contributed by atoms with Crippen LogP contribution in [0.1, 0.15) is 40.0 Å². The number of likely N-dealkylation sites (tertiary alicyclic amines) is 1. The molecule has 17 heavy (non-hydrogen) atoms. The molecule has 0 saturated carbocycles. The summed E-state index contributed by atoms with van der Waals surface area (Å²) in [7, 11) is 0. The van der Waals surface area contributed by atoms with Crippen molar-refractivity contribution in [2.75, 3.05) is 13.1 Å². The van der Waals surface area contributed by atoms with Crippen LogP contribution in [0.5, 0.6) is 0 Å². The molecular formula is C12H23N3O2. The third kappa shape index (κ3) is 3.19. The normalized spacial score (nSPS) is 21.4. The zero-order valence-electron chi connectivity index (χ0n) is 11.0. The number of hydrogen-bond acceptors (Lipinski definition) is 3. The van der Waals surface area contributed by atoms with E-state index in [1.165, 1.54) is 0 Å². The minimum Gasteiger partial charge on any atom is -0.368 e. The number of amides is 2. The van der Waals surface area contributed by atoms with Crippen molar-refractivity contribution in [1.82, 2.24) is 10.2 Å². The van der Waals surface area contributed by atoms with Gasteiger partial charge in [0.15, 0.2) is 0 Å². The summed E-state index contributed by atoms with van der Waals surface area (Å²) in [6.45, 7) is 6.98. The molecule has 0 aromatic carbocycles. The van der Waals surface area contributed by atoms with Gasteiger partial charge in [-0.3, -0.25) is 9.59 Å². The van der Waals surface area contributed by atoms with Crippen molar-refractivity contribution in [2.45, 2.75) is 51.6 Å². The molecule has 0 aromatic rings. The molecule has 5 heteroatoms. The fraction of sp³-hybridized carbons (Fsp3) is 0.833. The summed E-state index contributed by atoms with van der Waals surface area (Å²) >= 11 is 0. The van der Waals surface area contributed by atoms with Crippen LogP contribution in [0.15, 0.2) is 0 Å². The summed E-state index contributed by atoms with van der Waals surface area (Å²) in [5.41, 5.74) is 4.72. The fourth-order valence-electron chi connectivity index (χ4n) is 2.35. The zero-order chi connectivity index (χ0) is 13.1. The maximum atomic E-state index is 12.4. The van der Waals surface area contributed by atoms with Gasteiger partial charge in [0, 0.05) is 6.54 Å². The number of rotatable bonds is 4. The minimum atomic E-state index is -0.639. The smallest absolute Gasteiger partial charge is 0.242 e. The predicted octanol–water partition coefficient (Wildman–Crippen LogP) is 0.241. The highest BCUT2D eigenvalue weighted by atomic mass is 16.2. The van der Waals surface area contributed by atoms with Crippen LogP contribution in [0.25, 0.3) is 0 Å². The number of hydrogen-bond donors (Lipinski definition) is 2. The van der Waals surface area contributed by atoms with Crippen LogP contribution in [0.4, 0.5) is 0 Å². The Balaban J connectivity index is 2.81. The van der Waals surface area contributed by atoms with Crippen LogP contribution in [-0.2, 0) is 9.59 Å². The molecule has 98 valence electrons. The van der Waals surface area contributed by atoms with E-state index in [0.29, 0.717) is 19.5 Å². The number of likely N-dealkylation sites (N-methyl/N-ethyl adjacent to an activating group) is 1. The second kappa shape index (κ2) is 5.49. The summed E-state index contributed by atoms with van der Waals surface area (Å²) in [5, 5.41) is 3.14. The highest BCUT2D eigenvalue weighted by molar-refractivity contribution is 5.91. The zero-order valence-corrected chi connectivity index (χ0v) is 11.0. The van der Waals surface area contributed by atoms with Crippen molar-refractivity contribution in [3.05, 3.63) is 0 Å². The summed E-state index contributed by atoms with van der Waals surface area (Å²) in [5.74, 6) is -0.437. The Bertz CT molecular complexity index is 302. The molecule has 0 radical (unpaired) electrons. The van der Waals surface area contributed by atoms with E-state index in [2.05, 4.69) is 5.32 Å². The Morgan fingerprint density at radius 1 is 1.41 bits per heavy atom. The van der Waals surface area contributed by atoms with Gasteiger partial charge >= 0.3 is 0 Å². The number of carbonyl (C=O) groups excluding carboxylic acids is 2. The van der Waals surface area contributed by atoms with Gasteiger partial charge in [0.2, 0.25) is 11.8 Å². The topological polar surface area (TPSA) is 75.4 Å². The quantitative estimate of drug-likeness (QED) is 0.740. The SMILES string of the molecule is CCNC(C)(C)C(=O)N1CCCCC1C(N)=O. The average molecular weight is 241 g/mol. The van der Waals surface area contributed by atoms with E-state index in [9.17, 15) is 9.59 Å². The van der Waals surface area contributed by atoms with Crippen LogP contribution >= 0.6 is 0 Å². The lowest BCUT2D eigenvalue weighted by atomic mass is 9.96. The average Bonchev–Trinajstić information content (AvgIpc) is 2.28. The second-order valence-electron chi connectivity index (χ2n) is 5.07. The molecule has 1 saturated heterocycles. The molecule has 0 spiro atoms. The lowest BCUT2D eigenvalue weighted by Gasteiger charge is -2.39.